The van der Waals surface area contributed by atoms with E-state index in [-0.39, 0.29) is 0 Å². The monoisotopic (exact) mass is 371 g/mol. The average molecular weight is 371 g/mol. The molecule has 0 radical (unpaired) electrons. The minimum atomic E-state index is -0.419. The van der Waals surface area contributed by atoms with Gasteiger partial charge in [0, 0.05) is 11.8 Å². The fraction of sp³-hybridized carbons (Fsp3) is 0.417. The summed E-state index contributed by atoms with van der Waals surface area (Å²) in [7, 11) is 0. The van der Waals surface area contributed by atoms with E-state index in [1.807, 2.05) is 29.1 Å². The third kappa shape index (κ3) is 3.10. The summed E-state index contributed by atoms with van der Waals surface area (Å²) in [6, 6.07) is 12.4. The van der Waals surface area contributed by atoms with Gasteiger partial charge in [0.2, 0.25) is 0 Å². The van der Waals surface area contributed by atoms with Crippen LogP contribution in [0.2, 0.25) is 0 Å². The van der Waals surface area contributed by atoms with Crippen LogP contribution in [0.1, 0.15) is 78.7 Å². The molecule has 2 fully saturated rings. The van der Waals surface area contributed by atoms with Gasteiger partial charge in [-0.05, 0) is 85.6 Å². The molecule has 2 saturated carbocycles. The molecule has 2 aromatic heterocycles. The fourth-order valence-corrected chi connectivity index (χ4v) is 4.94. The molecular weight excluding hydrogens is 346 g/mol. The zero-order chi connectivity index (χ0) is 19.1. The highest BCUT2D eigenvalue weighted by molar-refractivity contribution is 5.59. The first-order valence-corrected chi connectivity index (χ1v) is 10.4. The van der Waals surface area contributed by atoms with Crippen molar-refractivity contribution in [2.75, 3.05) is 0 Å². The molecule has 0 bridgehead atoms. The highest BCUT2D eigenvalue weighted by Crippen LogP contribution is 2.47. The molecule has 0 spiro atoms. The van der Waals surface area contributed by atoms with E-state index < -0.39 is 6.10 Å². The Morgan fingerprint density at radius 1 is 1.00 bits per heavy atom. The van der Waals surface area contributed by atoms with Crippen molar-refractivity contribution in [1.82, 2.24) is 9.38 Å². The van der Waals surface area contributed by atoms with Crippen LogP contribution in [0, 0.1) is 17.2 Å². The normalized spacial score (nSPS) is 23.4. The number of imidazole rings is 1. The smallest absolute Gasteiger partial charge is 0.0992 e. The molecule has 0 amide bonds. The third-order valence-electron chi connectivity index (χ3n) is 6.71. The third-order valence-corrected chi connectivity index (χ3v) is 6.71. The molecule has 1 N–H and O–H groups in total. The summed E-state index contributed by atoms with van der Waals surface area (Å²) in [5, 5.41) is 20.4. The summed E-state index contributed by atoms with van der Waals surface area (Å²) in [5.74, 6) is 1.44. The number of hydrogen-bond donors (Lipinski definition) is 1. The SMILES string of the molecule is N#Cc1ccc(C2CCC([C@H](O)c3c(C4CC4)ccn4cncc34)CC2)cc1. The van der Waals surface area contributed by atoms with Crippen molar-refractivity contribution >= 4 is 5.52 Å². The van der Waals surface area contributed by atoms with Crippen molar-refractivity contribution in [3.05, 3.63) is 71.3 Å². The lowest BCUT2D eigenvalue weighted by atomic mass is 9.75. The van der Waals surface area contributed by atoms with Crippen LogP contribution in [0.5, 0.6) is 0 Å². The minimum absolute atomic E-state index is 0.299. The van der Waals surface area contributed by atoms with Gasteiger partial charge in [0.25, 0.3) is 0 Å². The number of fused-ring (bicyclic) bond motifs is 1. The number of aliphatic hydroxyl groups excluding tert-OH is 1. The minimum Gasteiger partial charge on any atom is -0.388 e. The maximum absolute atomic E-state index is 11.4. The van der Waals surface area contributed by atoms with Crippen molar-refractivity contribution < 1.29 is 5.11 Å². The van der Waals surface area contributed by atoms with Gasteiger partial charge in [-0.1, -0.05) is 12.1 Å². The first-order valence-electron chi connectivity index (χ1n) is 10.4. The molecule has 5 rings (SSSR count). The highest BCUT2D eigenvalue weighted by atomic mass is 16.3. The molecule has 0 aliphatic heterocycles. The Hall–Kier alpha value is -2.64. The molecule has 28 heavy (non-hydrogen) atoms. The standard InChI is InChI=1S/C24H25N3O/c25-13-16-1-3-17(4-2-16)18-5-9-20(10-6-18)24(28)23-21(19-7-8-19)11-12-27-15-26-14-22(23)27/h1-4,11-12,14-15,18-20,24,28H,5-10H2/t18?,20?,24-/m0/s1. The van der Waals surface area contributed by atoms with Gasteiger partial charge in [0.1, 0.15) is 0 Å². The summed E-state index contributed by atoms with van der Waals surface area (Å²) in [6.45, 7) is 0. The van der Waals surface area contributed by atoms with Gasteiger partial charge in [-0.25, -0.2) is 4.98 Å². The molecule has 0 unspecified atom stereocenters. The second-order valence-electron chi connectivity index (χ2n) is 8.44. The molecule has 3 aromatic rings. The van der Waals surface area contributed by atoms with Crippen LogP contribution in [0.25, 0.3) is 5.52 Å². The van der Waals surface area contributed by atoms with Crippen LogP contribution < -0.4 is 0 Å². The molecule has 0 saturated heterocycles. The van der Waals surface area contributed by atoms with Crippen molar-refractivity contribution in [3.63, 3.8) is 0 Å². The summed E-state index contributed by atoms with van der Waals surface area (Å²) < 4.78 is 2.03. The Morgan fingerprint density at radius 2 is 1.71 bits per heavy atom. The number of aromatic nitrogens is 2. The molecule has 142 valence electrons. The molecule has 2 aliphatic rings. The largest absolute Gasteiger partial charge is 0.388 e. The van der Waals surface area contributed by atoms with Gasteiger partial charge < -0.3 is 9.51 Å². The predicted molar refractivity (Wildman–Crippen MR) is 108 cm³/mol. The van der Waals surface area contributed by atoms with Crippen molar-refractivity contribution in [3.8, 4) is 6.07 Å². The fourth-order valence-electron chi connectivity index (χ4n) is 4.94. The summed E-state index contributed by atoms with van der Waals surface area (Å²) >= 11 is 0. The first-order chi connectivity index (χ1) is 13.7. The molecule has 1 aromatic carbocycles. The zero-order valence-corrected chi connectivity index (χ0v) is 16.0. The van der Waals surface area contributed by atoms with Crippen LogP contribution in [0.15, 0.2) is 49.1 Å². The molecular formula is C24H25N3O. The number of benzene rings is 1. The van der Waals surface area contributed by atoms with Crippen molar-refractivity contribution in [2.24, 2.45) is 5.92 Å². The lowest BCUT2D eigenvalue weighted by Crippen LogP contribution is -2.21. The second kappa shape index (κ2) is 7.07. The van der Waals surface area contributed by atoms with E-state index in [1.165, 1.54) is 24.0 Å². The van der Waals surface area contributed by atoms with Crippen molar-refractivity contribution in [2.45, 2.75) is 56.5 Å². The summed E-state index contributed by atoms with van der Waals surface area (Å²) in [6.07, 6.45) is 12.1. The van der Waals surface area contributed by atoms with E-state index in [1.54, 1.807) is 0 Å². The van der Waals surface area contributed by atoms with Crippen LogP contribution in [-0.2, 0) is 0 Å². The van der Waals surface area contributed by atoms with Crippen LogP contribution in [0.3, 0.4) is 0 Å². The maximum atomic E-state index is 11.4. The molecule has 4 nitrogen and oxygen atoms in total. The zero-order valence-electron chi connectivity index (χ0n) is 16.0. The van der Waals surface area contributed by atoms with E-state index >= 15 is 0 Å². The van der Waals surface area contributed by atoms with Gasteiger partial charge in [0.15, 0.2) is 0 Å². The Kier molecular flexibility index (Phi) is 4.41. The number of aliphatic hydroxyl groups is 1. The first kappa shape index (κ1) is 17.5. The van der Waals surface area contributed by atoms with Crippen LogP contribution in [-0.4, -0.2) is 14.5 Å². The van der Waals surface area contributed by atoms with Crippen LogP contribution in [0.4, 0.5) is 0 Å². The Labute approximate surface area is 165 Å². The number of rotatable bonds is 4. The maximum Gasteiger partial charge on any atom is 0.0992 e. The van der Waals surface area contributed by atoms with Gasteiger partial charge >= 0.3 is 0 Å². The van der Waals surface area contributed by atoms with Crippen molar-refractivity contribution in [1.29, 1.82) is 5.26 Å². The van der Waals surface area contributed by atoms with E-state index in [0.29, 0.717) is 17.8 Å². The Morgan fingerprint density at radius 3 is 2.39 bits per heavy atom. The topological polar surface area (TPSA) is 61.3 Å². The summed E-state index contributed by atoms with van der Waals surface area (Å²) in [5.41, 5.74) is 5.54. The van der Waals surface area contributed by atoms with E-state index in [0.717, 1.165) is 42.3 Å². The van der Waals surface area contributed by atoms with Crippen LogP contribution >= 0.6 is 0 Å². The quantitative estimate of drug-likeness (QED) is 0.695. The Bertz CT molecular complexity index is 1020. The number of pyridine rings is 1. The average Bonchev–Trinajstić information content (AvgIpc) is 3.49. The van der Waals surface area contributed by atoms with Gasteiger partial charge in [-0.15, -0.1) is 0 Å². The van der Waals surface area contributed by atoms with E-state index in [9.17, 15) is 5.11 Å². The molecule has 4 heteroatoms. The van der Waals surface area contributed by atoms with Gasteiger partial charge in [-0.3, -0.25) is 0 Å². The molecule has 2 heterocycles. The lowest BCUT2D eigenvalue weighted by molar-refractivity contribution is 0.0810. The Balaban J connectivity index is 1.35. The van der Waals surface area contributed by atoms with Gasteiger partial charge in [0.05, 0.1) is 35.8 Å². The summed E-state index contributed by atoms with van der Waals surface area (Å²) in [4.78, 5) is 4.31. The number of hydrogen-bond acceptors (Lipinski definition) is 3. The lowest BCUT2D eigenvalue weighted by Gasteiger charge is -2.33. The highest BCUT2D eigenvalue weighted by Gasteiger charge is 2.34. The second-order valence-corrected chi connectivity index (χ2v) is 8.44. The van der Waals surface area contributed by atoms with E-state index in [4.69, 9.17) is 5.26 Å². The number of nitrogens with zero attached hydrogens (tertiary/aromatic N) is 3. The molecule has 1 atom stereocenters. The predicted octanol–water partition coefficient (Wildman–Crippen LogP) is 5.09. The molecule has 2 aliphatic carbocycles. The van der Waals surface area contributed by atoms with Gasteiger partial charge in [-0.2, -0.15) is 5.26 Å². The van der Waals surface area contributed by atoms with E-state index in [2.05, 4.69) is 35.4 Å². The number of nitriles is 1.